The first-order chi connectivity index (χ1) is 6.58. The lowest BCUT2D eigenvalue weighted by molar-refractivity contribution is 0.462. The Kier molecular flexibility index (Phi) is 4.87. The highest BCUT2D eigenvalue weighted by molar-refractivity contribution is 7.92. The molecule has 0 saturated carbocycles. The van der Waals surface area contributed by atoms with E-state index in [4.69, 9.17) is 11.6 Å². The number of sulfone groups is 1. The van der Waals surface area contributed by atoms with Crippen molar-refractivity contribution in [2.24, 2.45) is 5.41 Å². The molecule has 0 saturated heterocycles. The molecule has 0 amide bonds. The first-order valence-electron chi connectivity index (χ1n) is 5.00. The number of halogens is 1. The maximum atomic E-state index is 11.9. The minimum atomic E-state index is -3.06. The third-order valence-corrected chi connectivity index (χ3v) is 5.89. The molecule has 15 heavy (non-hydrogen) atoms. The first kappa shape index (κ1) is 15.0. The molecule has 0 spiro atoms. The van der Waals surface area contributed by atoms with Gasteiger partial charge in [0, 0.05) is 5.88 Å². The van der Waals surface area contributed by atoms with E-state index in [1.54, 1.807) is 26.8 Å². The predicted octanol–water partition coefficient (Wildman–Crippen LogP) is 3.02. The third-order valence-electron chi connectivity index (χ3n) is 2.67. The highest BCUT2D eigenvalue weighted by Crippen LogP contribution is 2.27. The summed E-state index contributed by atoms with van der Waals surface area (Å²) in [6, 6.07) is 0. The Balaban J connectivity index is 4.60. The summed E-state index contributed by atoms with van der Waals surface area (Å²) in [5, 5.41) is 0. The molecular formula is C11H21ClO2S. The monoisotopic (exact) mass is 252 g/mol. The second kappa shape index (κ2) is 4.88. The van der Waals surface area contributed by atoms with E-state index in [2.05, 4.69) is 6.58 Å². The lowest BCUT2D eigenvalue weighted by Crippen LogP contribution is -2.32. The molecule has 1 atom stereocenters. The highest BCUT2D eigenvalue weighted by atomic mass is 35.5. The Labute approximate surface area is 98.6 Å². The van der Waals surface area contributed by atoms with Crippen LogP contribution in [0.15, 0.2) is 12.7 Å². The van der Waals surface area contributed by atoms with Crippen molar-refractivity contribution in [1.29, 1.82) is 0 Å². The van der Waals surface area contributed by atoms with Gasteiger partial charge in [-0.25, -0.2) is 8.42 Å². The maximum Gasteiger partial charge on any atom is 0.155 e. The molecule has 2 nitrogen and oxygen atoms in total. The molecule has 0 rings (SSSR count). The average Bonchev–Trinajstić information content (AvgIpc) is 2.13. The summed E-state index contributed by atoms with van der Waals surface area (Å²) in [4.78, 5) is 0. The van der Waals surface area contributed by atoms with Crippen LogP contribution >= 0.6 is 11.6 Å². The molecule has 1 unspecified atom stereocenters. The highest BCUT2D eigenvalue weighted by Gasteiger charge is 2.31. The summed E-state index contributed by atoms with van der Waals surface area (Å²) < 4.78 is 23.0. The van der Waals surface area contributed by atoms with Crippen LogP contribution < -0.4 is 0 Å². The Morgan fingerprint density at radius 2 is 1.73 bits per heavy atom. The Morgan fingerprint density at radius 3 is 2.00 bits per heavy atom. The topological polar surface area (TPSA) is 34.1 Å². The van der Waals surface area contributed by atoms with Crippen molar-refractivity contribution in [3.63, 3.8) is 0 Å². The lowest BCUT2D eigenvalue weighted by atomic mass is 9.90. The largest absolute Gasteiger partial charge is 0.228 e. The molecule has 0 aliphatic heterocycles. The lowest BCUT2D eigenvalue weighted by Gasteiger charge is -2.25. The fourth-order valence-electron chi connectivity index (χ4n) is 0.897. The van der Waals surface area contributed by atoms with E-state index in [0.717, 1.165) is 0 Å². The summed E-state index contributed by atoms with van der Waals surface area (Å²) in [7, 11) is -3.06. The molecule has 0 aromatic carbocycles. The van der Waals surface area contributed by atoms with Gasteiger partial charge in [0.2, 0.25) is 0 Å². The molecule has 0 N–H and O–H groups in total. The van der Waals surface area contributed by atoms with Crippen LogP contribution in [0.2, 0.25) is 0 Å². The van der Waals surface area contributed by atoms with E-state index in [9.17, 15) is 8.42 Å². The first-order valence-corrected chi connectivity index (χ1v) is 7.18. The van der Waals surface area contributed by atoms with Crippen LogP contribution in [0.4, 0.5) is 0 Å². The van der Waals surface area contributed by atoms with Crippen molar-refractivity contribution >= 4 is 21.4 Å². The maximum absolute atomic E-state index is 11.9. The van der Waals surface area contributed by atoms with E-state index in [1.165, 1.54) is 0 Å². The molecule has 4 heteroatoms. The van der Waals surface area contributed by atoms with Gasteiger partial charge in [0.25, 0.3) is 0 Å². The third kappa shape index (κ3) is 4.15. The standard InChI is InChI=1S/C11H21ClO2S/c1-6-11(5,9-12)7-8-15(13,14)10(2,3)4/h6H,1,7-9H2,2-5H3. The molecule has 0 aromatic heterocycles. The number of allylic oxidation sites excluding steroid dienone is 1. The van der Waals surface area contributed by atoms with Crippen LogP contribution in [0.25, 0.3) is 0 Å². The molecule has 0 fully saturated rings. The summed E-state index contributed by atoms with van der Waals surface area (Å²) in [6.07, 6.45) is 2.26. The van der Waals surface area contributed by atoms with Gasteiger partial charge in [0.15, 0.2) is 9.84 Å². The quantitative estimate of drug-likeness (QED) is 0.557. The SMILES string of the molecule is C=CC(C)(CCl)CCS(=O)(=O)C(C)(C)C. The van der Waals surface area contributed by atoms with Gasteiger partial charge < -0.3 is 0 Å². The summed E-state index contributed by atoms with van der Waals surface area (Å²) in [5.41, 5.74) is -0.292. The molecule has 0 aromatic rings. The van der Waals surface area contributed by atoms with Gasteiger partial charge in [-0.05, 0) is 32.6 Å². The van der Waals surface area contributed by atoms with Crippen molar-refractivity contribution in [3.05, 3.63) is 12.7 Å². The summed E-state index contributed by atoms with van der Waals surface area (Å²) in [6.45, 7) is 10.8. The van der Waals surface area contributed by atoms with E-state index in [0.29, 0.717) is 12.3 Å². The molecule has 0 aliphatic rings. The second-order valence-electron chi connectivity index (χ2n) is 5.17. The fourth-order valence-corrected chi connectivity index (χ4v) is 2.49. The summed E-state index contributed by atoms with van der Waals surface area (Å²) >= 11 is 5.79. The van der Waals surface area contributed by atoms with Crippen LogP contribution in [-0.2, 0) is 9.84 Å². The molecule has 90 valence electrons. The smallest absolute Gasteiger partial charge is 0.155 e. The van der Waals surface area contributed by atoms with Crippen molar-refractivity contribution in [3.8, 4) is 0 Å². The molecular weight excluding hydrogens is 232 g/mol. The predicted molar refractivity (Wildman–Crippen MR) is 67.2 cm³/mol. The van der Waals surface area contributed by atoms with Gasteiger partial charge in [-0.2, -0.15) is 0 Å². The van der Waals surface area contributed by atoms with Gasteiger partial charge in [-0.3, -0.25) is 0 Å². The molecule has 0 aliphatic carbocycles. The van der Waals surface area contributed by atoms with E-state index in [-0.39, 0.29) is 11.2 Å². The van der Waals surface area contributed by atoms with E-state index >= 15 is 0 Å². The van der Waals surface area contributed by atoms with Crippen molar-refractivity contribution < 1.29 is 8.42 Å². The van der Waals surface area contributed by atoms with Crippen molar-refractivity contribution in [1.82, 2.24) is 0 Å². The van der Waals surface area contributed by atoms with Gasteiger partial charge in [0.05, 0.1) is 10.5 Å². The van der Waals surface area contributed by atoms with Crippen LogP contribution in [0.5, 0.6) is 0 Å². The zero-order chi connectivity index (χ0) is 12.3. The van der Waals surface area contributed by atoms with Gasteiger partial charge in [-0.1, -0.05) is 13.0 Å². The van der Waals surface area contributed by atoms with Crippen molar-refractivity contribution in [2.75, 3.05) is 11.6 Å². The Morgan fingerprint density at radius 1 is 1.27 bits per heavy atom. The van der Waals surface area contributed by atoms with Crippen LogP contribution in [-0.4, -0.2) is 24.8 Å². The van der Waals surface area contributed by atoms with Crippen LogP contribution in [0.3, 0.4) is 0 Å². The van der Waals surface area contributed by atoms with E-state index in [1.807, 2.05) is 6.92 Å². The minimum absolute atomic E-state index is 0.158. The fraction of sp³-hybridized carbons (Fsp3) is 0.818. The second-order valence-corrected chi connectivity index (χ2v) is 8.30. The number of rotatable bonds is 5. The van der Waals surface area contributed by atoms with Gasteiger partial charge in [0.1, 0.15) is 0 Å². The normalized spacial score (nSPS) is 17.1. The number of hydrogen-bond donors (Lipinski definition) is 0. The number of hydrogen-bond acceptors (Lipinski definition) is 2. The Bertz CT molecular complexity index is 314. The van der Waals surface area contributed by atoms with Crippen molar-refractivity contribution in [2.45, 2.75) is 38.9 Å². The zero-order valence-electron chi connectivity index (χ0n) is 10.0. The molecule has 0 radical (unpaired) electrons. The van der Waals surface area contributed by atoms with Gasteiger partial charge >= 0.3 is 0 Å². The minimum Gasteiger partial charge on any atom is -0.228 e. The van der Waals surface area contributed by atoms with Crippen LogP contribution in [0.1, 0.15) is 34.1 Å². The zero-order valence-corrected chi connectivity index (χ0v) is 11.6. The van der Waals surface area contributed by atoms with Crippen LogP contribution in [0, 0.1) is 5.41 Å². The molecule has 0 heterocycles. The van der Waals surface area contributed by atoms with E-state index < -0.39 is 14.6 Å². The number of alkyl halides is 1. The van der Waals surface area contributed by atoms with Gasteiger partial charge in [-0.15, -0.1) is 18.2 Å². The summed E-state index contributed by atoms with van der Waals surface area (Å²) in [5.74, 6) is 0.557. The molecule has 0 bridgehead atoms. The average molecular weight is 253 g/mol. The Hall–Kier alpha value is -0.0200.